The summed E-state index contributed by atoms with van der Waals surface area (Å²) in [5.74, 6) is -0.0382. The lowest BCUT2D eigenvalue weighted by atomic mass is 10.3. The molecule has 0 radical (unpaired) electrons. The molecule has 1 rings (SSSR count). The monoisotopic (exact) mass is 288 g/mol. The second-order valence-electron chi connectivity index (χ2n) is 3.69. The van der Waals surface area contributed by atoms with Crippen molar-refractivity contribution in [2.45, 2.75) is 17.9 Å². The molecule has 2 N–H and O–H groups in total. The number of amides is 1. The van der Waals surface area contributed by atoms with Gasteiger partial charge in [-0.05, 0) is 31.2 Å². The Bertz CT molecular complexity index is 527. The number of carbonyl (C=O) groups is 1. The highest BCUT2D eigenvalue weighted by atomic mass is 32.2. The van der Waals surface area contributed by atoms with Gasteiger partial charge >= 0.3 is 0 Å². The number of benzene rings is 1. The van der Waals surface area contributed by atoms with Crippen molar-refractivity contribution in [2.75, 3.05) is 14.2 Å². The van der Waals surface area contributed by atoms with Gasteiger partial charge in [-0.1, -0.05) is 0 Å². The van der Waals surface area contributed by atoms with E-state index >= 15 is 0 Å². The number of methoxy groups -OCH3 is 1. The van der Waals surface area contributed by atoms with Crippen LogP contribution in [-0.2, 0) is 19.7 Å². The number of hydrogen-bond acceptors (Lipinski definition) is 5. The van der Waals surface area contributed by atoms with Crippen LogP contribution in [0.25, 0.3) is 0 Å². The van der Waals surface area contributed by atoms with Gasteiger partial charge in [0.25, 0.3) is 5.91 Å². The smallest absolute Gasteiger partial charge is 0.261 e. The van der Waals surface area contributed by atoms with Crippen molar-refractivity contribution in [3.05, 3.63) is 24.3 Å². The summed E-state index contributed by atoms with van der Waals surface area (Å²) in [4.78, 5) is 15.8. The summed E-state index contributed by atoms with van der Waals surface area (Å²) < 4.78 is 31.1. The Morgan fingerprint density at radius 1 is 1.21 bits per heavy atom. The summed E-state index contributed by atoms with van der Waals surface area (Å²) in [6, 6.07) is 4.87. The minimum absolute atomic E-state index is 0.0466. The highest BCUT2D eigenvalue weighted by Gasteiger charge is 2.21. The van der Waals surface area contributed by atoms with E-state index in [4.69, 9.17) is 4.74 Å². The van der Waals surface area contributed by atoms with Crippen LogP contribution in [0.3, 0.4) is 0 Å². The predicted octanol–water partition coefficient (Wildman–Crippen LogP) is 0.0396. The molecule has 106 valence electrons. The number of ether oxygens (including phenoxy) is 1. The Morgan fingerprint density at radius 2 is 1.79 bits per heavy atom. The van der Waals surface area contributed by atoms with Gasteiger partial charge in [0.05, 0.1) is 19.1 Å². The van der Waals surface area contributed by atoms with E-state index < -0.39 is 22.0 Å². The SMILES string of the molecule is CONC(=O)[C@@H](C)NS(=O)(=O)c1ccc(OC)cc1. The third-order valence-electron chi connectivity index (χ3n) is 2.30. The lowest BCUT2D eigenvalue weighted by Gasteiger charge is -2.13. The van der Waals surface area contributed by atoms with Crippen LogP contribution in [0.15, 0.2) is 29.2 Å². The summed E-state index contributed by atoms with van der Waals surface area (Å²) in [7, 11) is -1.02. The van der Waals surface area contributed by atoms with E-state index in [1.54, 1.807) is 0 Å². The molecule has 8 heteroatoms. The molecule has 0 aromatic heterocycles. The maximum absolute atomic E-state index is 12.0. The first kappa shape index (κ1) is 15.4. The fourth-order valence-electron chi connectivity index (χ4n) is 1.30. The maximum atomic E-state index is 12.0. The average Bonchev–Trinajstić information content (AvgIpc) is 2.38. The van der Waals surface area contributed by atoms with E-state index in [1.807, 2.05) is 0 Å². The van der Waals surface area contributed by atoms with E-state index in [1.165, 1.54) is 45.4 Å². The molecular formula is C11H16N2O5S. The quantitative estimate of drug-likeness (QED) is 0.721. The molecule has 0 saturated heterocycles. The molecular weight excluding hydrogens is 272 g/mol. The third-order valence-corrected chi connectivity index (χ3v) is 3.85. The zero-order valence-corrected chi connectivity index (χ0v) is 11.7. The molecule has 19 heavy (non-hydrogen) atoms. The van der Waals surface area contributed by atoms with Crippen molar-refractivity contribution in [1.82, 2.24) is 10.2 Å². The molecule has 0 aliphatic rings. The molecule has 0 aliphatic carbocycles. The molecule has 0 unspecified atom stereocenters. The second-order valence-corrected chi connectivity index (χ2v) is 5.40. The number of nitrogens with one attached hydrogen (secondary N) is 2. The first-order chi connectivity index (χ1) is 8.90. The molecule has 7 nitrogen and oxygen atoms in total. The molecule has 0 bridgehead atoms. The molecule has 1 atom stereocenters. The minimum Gasteiger partial charge on any atom is -0.497 e. The summed E-state index contributed by atoms with van der Waals surface area (Å²) >= 11 is 0. The van der Waals surface area contributed by atoms with Gasteiger partial charge in [0.15, 0.2) is 0 Å². The van der Waals surface area contributed by atoms with Gasteiger partial charge in [0.1, 0.15) is 11.8 Å². The Balaban J connectivity index is 2.82. The molecule has 0 spiro atoms. The van der Waals surface area contributed by atoms with E-state index in [0.29, 0.717) is 5.75 Å². The summed E-state index contributed by atoms with van der Waals surface area (Å²) in [5.41, 5.74) is 2.05. The van der Waals surface area contributed by atoms with Crippen LogP contribution in [0.4, 0.5) is 0 Å². The van der Waals surface area contributed by atoms with Crippen LogP contribution in [0, 0.1) is 0 Å². The maximum Gasteiger partial charge on any atom is 0.261 e. The van der Waals surface area contributed by atoms with Gasteiger partial charge in [-0.25, -0.2) is 13.9 Å². The van der Waals surface area contributed by atoms with Crippen molar-refractivity contribution in [3.8, 4) is 5.75 Å². The van der Waals surface area contributed by atoms with E-state index in [0.717, 1.165) is 0 Å². The Morgan fingerprint density at radius 3 is 2.26 bits per heavy atom. The summed E-state index contributed by atoms with van der Waals surface area (Å²) in [6.45, 7) is 1.41. The largest absolute Gasteiger partial charge is 0.497 e. The molecule has 0 heterocycles. The van der Waals surface area contributed by atoms with Crippen molar-refractivity contribution in [3.63, 3.8) is 0 Å². The van der Waals surface area contributed by atoms with Gasteiger partial charge in [-0.3, -0.25) is 9.63 Å². The van der Waals surface area contributed by atoms with Gasteiger partial charge < -0.3 is 4.74 Å². The molecule has 0 aliphatic heterocycles. The first-order valence-corrected chi connectivity index (χ1v) is 6.88. The molecule has 1 amide bonds. The van der Waals surface area contributed by atoms with Crippen LogP contribution in [0.1, 0.15) is 6.92 Å². The van der Waals surface area contributed by atoms with E-state index in [-0.39, 0.29) is 4.90 Å². The number of hydrogen-bond donors (Lipinski definition) is 2. The lowest BCUT2D eigenvalue weighted by molar-refractivity contribution is -0.132. The normalized spacial score (nSPS) is 12.8. The molecule has 1 aromatic carbocycles. The fraction of sp³-hybridized carbons (Fsp3) is 0.364. The standard InChI is InChI=1S/C11H16N2O5S/c1-8(11(14)12-18-3)13-19(15,16)10-6-4-9(17-2)5-7-10/h4-8,13H,1-3H3,(H,12,14)/t8-/m1/s1. The number of hydroxylamine groups is 1. The van der Waals surface area contributed by atoms with Crippen LogP contribution in [0.5, 0.6) is 5.75 Å². The van der Waals surface area contributed by atoms with Gasteiger partial charge in [0.2, 0.25) is 10.0 Å². The highest BCUT2D eigenvalue weighted by Crippen LogP contribution is 2.15. The van der Waals surface area contributed by atoms with E-state index in [9.17, 15) is 13.2 Å². The highest BCUT2D eigenvalue weighted by molar-refractivity contribution is 7.89. The zero-order valence-electron chi connectivity index (χ0n) is 10.8. The topological polar surface area (TPSA) is 93.7 Å². The number of rotatable bonds is 6. The van der Waals surface area contributed by atoms with E-state index in [2.05, 4.69) is 15.0 Å². The minimum atomic E-state index is -3.77. The fourth-order valence-corrected chi connectivity index (χ4v) is 2.50. The van der Waals surface area contributed by atoms with Crippen molar-refractivity contribution in [1.29, 1.82) is 0 Å². The van der Waals surface area contributed by atoms with Crippen LogP contribution >= 0.6 is 0 Å². The second kappa shape index (κ2) is 6.50. The third kappa shape index (κ3) is 4.19. The molecule has 0 saturated carbocycles. The van der Waals surface area contributed by atoms with Gasteiger partial charge in [0, 0.05) is 0 Å². The summed E-state index contributed by atoms with van der Waals surface area (Å²) in [5, 5.41) is 0. The van der Waals surface area contributed by atoms with Gasteiger partial charge in [-0.2, -0.15) is 4.72 Å². The van der Waals surface area contributed by atoms with Crippen LogP contribution in [0.2, 0.25) is 0 Å². The lowest BCUT2D eigenvalue weighted by Crippen LogP contribution is -2.44. The molecule has 1 aromatic rings. The van der Waals surface area contributed by atoms with Crippen molar-refractivity contribution >= 4 is 15.9 Å². The molecule has 0 fully saturated rings. The Labute approximate surface area is 111 Å². The van der Waals surface area contributed by atoms with Crippen LogP contribution in [-0.4, -0.2) is 34.6 Å². The zero-order chi connectivity index (χ0) is 14.5. The summed E-state index contributed by atoms with van der Waals surface area (Å²) in [6.07, 6.45) is 0. The first-order valence-electron chi connectivity index (χ1n) is 5.40. The van der Waals surface area contributed by atoms with Crippen molar-refractivity contribution in [2.24, 2.45) is 0 Å². The Hall–Kier alpha value is -1.64. The Kier molecular flexibility index (Phi) is 5.28. The van der Waals surface area contributed by atoms with Crippen LogP contribution < -0.4 is 14.9 Å². The number of sulfonamides is 1. The average molecular weight is 288 g/mol. The predicted molar refractivity (Wildman–Crippen MR) is 67.9 cm³/mol. The van der Waals surface area contributed by atoms with Gasteiger partial charge in [-0.15, -0.1) is 0 Å². The number of carbonyl (C=O) groups excluding carboxylic acids is 1. The van der Waals surface area contributed by atoms with Crippen molar-refractivity contribution < 1.29 is 22.8 Å².